The van der Waals surface area contributed by atoms with Crippen molar-refractivity contribution in [3.8, 4) is 5.75 Å². The van der Waals surface area contributed by atoms with E-state index in [4.69, 9.17) is 14.6 Å². The van der Waals surface area contributed by atoms with Crippen LogP contribution in [0.1, 0.15) is 35.2 Å². The molecule has 1 aromatic heterocycles. The monoisotopic (exact) mass is 416 g/mol. The van der Waals surface area contributed by atoms with Crippen molar-refractivity contribution in [1.82, 2.24) is 9.88 Å². The maximum atomic E-state index is 12.8. The average molecular weight is 416 g/mol. The van der Waals surface area contributed by atoms with E-state index in [0.717, 1.165) is 18.7 Å². The number of rotatable bonds is 7. The molecule has 154 valence electrons. The zero-order valence-electron chi connectivity index (χ0n) is 15.5. The van der Waals surface area contributed by atoms with E-state index in [2.05, 4.69) is 16.8 Å². The Kier molecular flexibility index (Phi) is 6.92. The predicted molar refractivity (Wildman–Crippen MR) is 99.7 cm³/mol. The van der Waals surface area contributed by atoms with Gasteiger partial charge in [0.25, 0.3) is 0 Å². The Bertz CT molecular complexity index is 752. The molecule has 9 heteroatoms. The van der Waals surface area contributed by atoms with Gasteiger partial charge in [-0.1, -0.05) is 19.1 Å². The van der Waals surface area contributed by atoms with Crippen molar-refractivity contribution in [2.75, 3.05) is 39.5 Å². The second kappa shape index (κ2) is 9.21. The van der Waals surface area contributed by atoms with Gasteiger partial charge in [0.15, 0.2) is 5.01 Å². The standard InChI is InChI=1S/C19H23F3N2O3S/c1-13(14-2-4-15(5-3-14)26-9-7-25)10-24-6-8-27-17(11-24)16-12-28-18(23-16)19(20,21)22/h2-5,12-13,17,25H,6-11H2,1H3. The number of aliphatic hydroxyl groups excluding tert-OH is 1. The number of thiazole rings is 1. The Morgan fingerprint density at radius 1 is 1.36 bits per heavy atom. The van der Waals surface area contributed by atoms with Gasteiger partial charge >= 0.3 is 6.18 Å². The van der Waals surface area contributed by atoms with Crippen molar-refractivity contribution in [1.29, 1.82) is 0 Å². The highest BCUT2D eigenvalue weighted by Gasteiger charge is 2.36. The van der Waals surface area contributed by atoms with Crippen LogP contribution in [0.5, 0.6) is 5.75 Å². The summed E-state index contributed by atoms with van der Waals surface area (Å²) in [5.74, 6) is 0.951. The van der Waals surface area contributed by atoms with Crippen LogP contribution in [-0.2, 0) is 10.9 Å². The number of ether oxygens (including phenoxy) is 2. The summed E-state index contributed by atoms with van der Waals surface area (Å²) >= 11 is 0.607. The van der Waals surface area contributed by atoms with Crippen molar-refractivity contribution in [2.45, 2.75) is 25.1 Å². The third kappa shape index (κ3) is 5.44. The fourth-order valence-corrected chi connectivity index (χ4v) is 3.89. The van der Waals surface area contributed by atoms with E-state index in [-0.39, 0.29) is 19.1 Å². The van der Waals surface area contributed by atoms with E-state index in [1.54, 1.807) is 0 Å². The Labute approximate surface area is 165 Å². The van der Waals surface area contributed by atoms with E-state index < -0.39 is 17.3 Å². The summed E-state index contributed by atoms with van der Waals surface area (Å²) in [6, 6.07) is 7.73. The molecule has 0 bridgehead atoms. The van der Waals surface area contributed by atoms with Crippen molar-refractivity contribution in [3.63, 3.8) is 0 Å². The lowest BCUT2D eigenvalue weighted by Gasteiger charge is -2.34. The van der Waals surface area contributed by atoms with Gasteiger partial charge in [0.1, 0.15) is 18.5 Å². The summed E-state index contributed by atoms with van der Waals surface area (Å²) in [4.78, 5) is 5.92. The van der Waals surface area contributed by atoms with Gasteiger partial charge in [0.05, 0.1) is 18.9 Å². The van der Waals surface area contributed by atoms with Gasteiger partial charge in [0, 0.05) is 25.0 Å². The largest absolute Gasteiger partial charge is 0.491 e. The first kappa shape index (κ1) is 21.0. The molecule has 0 amide bonds. The Morgan fingerprint density at radius 2 is 2.11 bits per heavy atom. The summed E-state index contributed by atoms with van der Waals surface area (Å²) < 4.78 is 49.4. The van der Waals surface area contributed by atoms with Crippen LogP contribution in [0.4, 0.5) is 13.2 Å². The third-order valence-corrected chi connectivity index (χ3v) is 5.49. The second-order valence-electron chi connectivity index (χ2n) is 6.74. The highest BCUT2D eigenvalue weighted by atomic mass is 32.1. The first-order valence-electron chi connectivity index (χ1n) is 9.07. The summed E-state index contributed by atoms with van der Waals surface area (Å²) in [5.41, 5.74) is 1.49. The topological polar surface area (TPSA) is 54.8 Å². The zero-order chi connectivity index (χ0) is 20.1. The van der Waals surface area contributed by atoms with Gasteiger partial charge in [-0.2, -0.15) is 13.2 Å². The minimum Gasteiger partial charge on any atom is -0.491 e. The molecular formula is C19H23F3N2O3S. The van der Waals surface area contributed by atoms with Crippen LogP contribution in [0, 0.1) is 0 Å². The average Bonchev–Trinajstić information content (AvgIpc) is 3.18. The summed E-state index contributed by atoms with van der Waals surface area (Å²) in [7, 11) is 0. The van der Waals surface area contributed by atoms with Crippen LogP contribution >= 0.6 is 11.3 Å². The smallest absolute Gasteiger partial charge is 0.443 e. The lowest BCUT2D eigenvalue weighted by atomic mass is 10.00. The minimum atomic E-state index is -4.42. The van der Waals surface area contributed by atoms with Crippen LogP contribution in [0.3, 0.4) is 0 Å². The van der Waals surface area contributed by atoms with Crippen molar-refractivity contribution in [3.05, 3.63) is 45.9 Å². The van der Waals surface area contributed by atoms with Crippen molar-refractivity contribution in [2.24, 2.45) is 0 Å². The van der Waals surface area contributed by atoms with Gasteiger partial charge in [-0.15, -0.1) is 11.3 Å². The summed E-state index contributed by atoms with van der Waals surface area (Å²) in [5, 5.41) is 9.40. The lowest BCUT2D eigenvalue weighted by Crippen LogP contribution is -2.40. The van der Waals surface area contributed by atoms with Crippen LogP contribution in [0.2, 0.25) is 0 Å². The summed E-state index contributed by atoms with van der Waals surface area (Å²) in [6.07, 6.45) is -4.86. The van der Waals surface area contributed by atoms with E-state index in [1.807, 2.05) is 24.3 Å². The van der Waals surface area contributed by atoms with E-state index in [0.29, 0.717) is 35.9 Å². The van der Waals surface area contributed by atoms with Gasteiger partial charge in [-0.05, 0) is 23.6 Å². The number of halogens is 3. The number of morpholine rings is 1. The molecule has 1 saturated heterocycles. The predicted octanol–water partition coefficient (Wildman–Crippen LogP) is 3.71. The fourth-order valence-electron chi connectivity index (χ4n) is 3.16. The van der Waals surface area contributed by atoms with E-state index in [1.165, 1.54) is 5.38 Å². The number of hydrogen-bond acceptors (Lipinski definition) is 6. The first-order valence-corrected chi connectivity index (χ1v) is 9.95. The van der Waals surface area contributed by atoms with Crippen LogP contribution < -0.4 is 4.74 Å². The molecule has 1 fully saturated rings. The molecule has 0 radical (unpaired) electrons. The number of hydrogen-bond donors (Lipinski definition) is 1. The molecule has 1 aliphatic rings. The number of benzene rings is 1. The van der Waals surface area contributed by atoms with Gasteiger partial charge < -0.3 is 14.6 Å². The number of nitrogens with zero attached hydrogens (tertiary/aromatic N) is 2. The molecule has 28 heavy (non-hydrogen) atoms. The van der Waals surface area contributed by atoms with Crippen molar-refractivity contribution < 1.29 is 27.8 Å². The summed E-state index contributed by atoms with van der Waals surface area (Å²) in [6.45, 7) is 4.82. The maximum Gasteiger partial charge on any atom is 0.443 e. The number of aliphatic hydroxyl groups is 1. The fraction of sp³-hybridized carbons (Fsp3) is 0.526. The zero-order valence-corrected chi connectivity index (χ0v) is 16.3. The molecule has 1 N–H and O–H groups in total. The molecule has 0 saturated carbocycles. The SMILES string of the molecule is CC(CN1CCOC(c2csc(C(F)(F)F)n2)C1)c1ccc(OCCO)cc1. The maximum absolute atomic E-state index is 12.8. The van der Waals surface area contributed by atoms with Crippen LogP contribution in [0.15, 0.2) is 29.6 Å². The molecule has 5 nitrogen and oxygen atoms in total. The number of aromatic nitrogens is 1. The molecule has 2 atom stereocenters. The van der Waals surface area contributed by atoms with E-state index >= 15 is 0 Å². The Hall–Kier alpha value is -1.68. The molecule has 1 aromatic carbocycles. The van der Waals surface area contributed by atoms with Gasteiger partial charge in [-0.3, -0.25) is 4.90 Å². The molecule has 0 aliphatic carbocycles. The van der Waals surface area contributed by atoms with E-state index in [9.17, 15) is 13.2 Å². The molecule has 2 heterocycles. The van der Waals surface area contributed by atoms with Crippen LogP contribution in [0.25, 0.3) is 0 Å². The molecular weight excluding hydrogens is 393 g/mol. The second-order valence-corrected chi connectivity index (χ2v) is 7.59. The first-order chi connectivity index (χ1) is 13.4. The quantitative estimate of drug-likeness (QED) is 0.746. The Morgan fingerprint density at radius 3 is 2.75 bits per heavy atom. The van der Waals surface area contributed by atoms with Crippen LogP contribution in [-0.4, -0.2) is 54.4 Å². The highest BCUT2D eigenvalue weighted by molar-refractivity contribution is 7.09. The van der Waals surface area contributed by atoms with Gasteiger partial charge in [0.2, 0.25) is 0 Å². The third-order valence-electron chi connectivity index (χ3n) is 4.59. The van der Waals surface area contributed by atoms with Gasteiger partial charge in [-0.25, -0.2) is 4.98 Å². The molecule has 2 unspecified atom stereocenters. The molecule has 1 aliphatic heterocycles. The molecule has 3 rings (SSSR count). The van der Waals surface area contributed by atoms with Crippen molar-refractivity contribution >= 4 is 11.3 Å². The molecule has 2 aromatic rings. The normalized spacial score (nSPS) is 19.5. The Balaban J connectivity index is 1.57. The lowest BCUT2D eigenvalue weighted by molar-refractivity contribution is -0.138. The highest BCUT2D eigenvalue weighted by Crippen LogP contribution is 2.34. The molecule has 0 spiro atoms. The number of alkyl halides is 3. The minimum absolute atomic E-state index is 0.0280.